The predicted octanol–water partition coefficient (Wildman–Crippen LogP) is 8.88. The van der Waals surface area contributed by atoms with Crippen LogP contribution in [-0.2, 0) is 5.41 Å². The van der Waals surface area contributed by atoms with E-state index in [9.17, 15) is 5.26 Å². The topological polar surface area (TPSA) is 49.8 Å². The van der Waals surface area contributed by atoms with Crippen LogP contribution in [0.25, 0.3) is 44.3 Å². The Hall–Kier alpha value is -5.46. The van der Waals surface area contributed by atoms with Crippen LogP contribution in [0.15, 0.2) is 138 Å². The molecule has 0 bridgehead atoms. The summed E-state index contributed by atoms with van der Waals surface area (Å²) >= 11 is 0. The highest BCUT2D eigenvalue weighted by Crippen LogP contribution is 2.57. The minimum Gasteiger partial charge on any atom is -0.455 e. The number of nitriles is 1. The molecule has 3 heteroatoms. The molecule has 0 N–H and O–H groups in total. The molecule has 0 atom stereocenters. The van der Waals surface area contributed by atoms with Crippen LogP contribution in [0.3, 0.4) is 0 Å². The molecule has 0 spiro atoms. The van der Waals surface area contributed by atoms with E-state index < -0.39 is 5.41 Å². The molecule has 0 unspecified atom stereocenters. The summed E-state index contributed by atoms with van der Waals surface area (Å²) in [5.74, 6) is 0. The molecule has 1 aliphatic rings. The van der Waals surface area contributed by atoms with E-state index >= 15 is 0 Å². The summed E-state index contributed by atoms with van der Waals surface area (Å²) in [6.45, 7) is 0. The molecule has 0 fully saturated rings. The maximum Gasteiger partial charge on any atom is 0.144 e. The number of hydrogen-bond acceptors (Lipinski definition) is 3. The molecule has 0 saturated carbocycles. The van der Waals surface area contributed by atoms with E-state index in [1.165, 1.54) is 22.3 Å². The van der Waals surface area contributed by atoms with Crippen molar-refractivity contribution in [2.24, 2.45) is 0 Å². The van der Waals surface area contributed by atoms with E-state index in [0.29, 0.717) is 5.56 Å². The standard InChI is InChI=1S/C37H22N2O/c38-23-24-21-30-28-15-10-16-29(34-19-8-9-20-39-34)35(28)40-36(30)33(22-24)37(25-11-2-1-3-12-25)31-17-6-4-13-26(31)27-14-5-7-18-32(27)37/h1-22H. The Labute approximate surface area is 231 Å². The Balaban J connectivity index is 1.58. The van der Waals surface area contributed by atoms with E-state index in [2.05, 4.69) is 89.9 Å². The van der Waals surface area contributed by atoms with Crippen LogP contribution in [0.2, 0.25) is 0 Å². The van der Waals surface area contributed by atoms with Crippen LogP contribution in [-0.4, -0.2) is 4.98 Å². The van der Waals surface area contributed by atoms with Crippen molar-refractivity contribution in [2.45, 2.75) is 5.41 Å². The normalized spacial score (nSPS) is 13.2. The fraction of sp³-hybridized carbons (Fsp3) is 0.0270. The summed E-state index contributed by atoms with van der Waals surface area (Å²) in [5, 5.41) is 12.2. The molecule has 5 aromatic carbocycles. The molecule has 0 radical (unpaired) electrons. The third kappa shape index (κ3) is 2.96. The van der Waals surface area contributed by atoms with Gasteiger partial charge in [-0.2, -0.15) is 5.26 Å². The van der Waals surface area contributed by atoms with Crippen molar-refractivity contribution in [1.82, 2.24) is 4.98 Å². The van der Waals surface area contributed by atoms with Crippen molar-refractivity contribution >= 4 is 21.9 Å². The van der Waals surface area contributed by atoms with Gasteiger partial charge in [-0.05, 0) is 58.1 Å². The van der Waals surface area contributed by atoms with E-state index in [1.807, 2.05) is 48.5 Å². The number of furan rings is 1. The molecule has 3 nitrogen and oxygen atoms in total. The summed E-state index contributed by atoms with van der Waals surface area (Å²) < 4.78 is 6.91. The number of pyridine rings is 1. The lowest BCUT2D eigenvalue weighted by Crippen LogP contribution is -2.29. The molecular weight excluding hydrogens is 488 g/mol. The van der Waals surface area contributed by atoms with Crippen molar-refractivity contribution in [2.75, 3.05) is 0 Å². The maximum atomic E-state index is 10.3. The first kappa shape index (κ1) is 22.5. The fourth-order valence-electron chi connectivity index (χ4n) is 6.65. The molecule has 8 rings (SSSR count). The minimum absolute atomic E-state index is 0.602. The molecule has 0 saturated heterocycles. The summed E-state index contributed by atoms with van der Waals surface area (Å²) in [5.41, 5.74) is 10.1. The predicted molar refractivity (Wildman–Crippen MR) is 159 cm³/mol. The summed E-state index contributed by atoms with van der Waals surface area (Å²) in [4.78, 5) is 4.61. The van der Waals surface area contributed by atoms with Crippen molar-refractivity contribution in [3.8, 4) is 28.5 Å². The Kier molecular flexibility index (Phi) is 4.80. The van der Waals surface area contributed by atoms with E-state index in [0.717, 1.165) is 44.3 Å². The highest BCUT2D eigenvalue weighted by Gasteiger charge is 2.47. The Bertz CT molecular complexity index is 2070. The smallest absolute Gasteiger partial charge is 0.144 e. The van der Waals surface area contributed by atoms with E-state index in [4.69, 9.17) is 4.42 Å². The average molecular weight is 511 g/mol. The molecule has 186 valence electrons. The highest BCUT2D eigenvalue weighted by molar-refractivity contribution is 6.11. The summed E-state index contributed by atoms with van der Waals surface area (Å²) in [7, 11) is 0. The summed E-state index contributed by atoms with van der Waals surface area (Å²) in [6, 6.07) is 46.3. The molecule has 0 aliphatic heterocycles. The van der Waals surface area contributed by atoms with E-state index in [-0.39, 0.29) is 0 Å². The van der Waals surface area contributed by atoms with Gasteiger partial charge in [0.1, 0.15) is 11.2 Å². The summed E-state index contributed by atoms with van der Waals surface area (Å²) in [6.07, 6.45) is 1.80. The fourth-order valence-corrected chi connectivity index (χ4v) is 6.65. The molecule has 0 amide bonds. The molecular formula is C37H22N2O. The van der Waals surface area contributed by atoms with Crippen molar-refractivity contribution in [3.05, 3.63) is 161 Å². The molecule has 2 aromatic heterocycles. The minimum atomic E-state index is -0.668. The first-order valence-corrected chi connectivity index (χ1v) is 13.4. The Morgan fingerprint density at radius 3 is 1.95 bits per heavy atom. The van der Waals surface area contributed by atoms with Gasteiger partial charge in [-0.1, -0.05) is 97.1 Å². The van der Waals surface area contributed by atoms with Gasteiger partial charge in [-0.15, -0.1) is 0 Å². The molecule has 40 heavy (non-hydrogen) atoms. The van der Waals surface area contributed by atoms with Gasteiger partial charge in [0.2, 0.25) is 0 Å². The number of aromatic nitrogens is 1. The van der Waals surface area contributed by atoms with Gasteiger partial charge in [0.05, 0.1) is 22.7 Å². The zero-order valence-corrected chi connectivity index (χ0v) is 21.5. The van der Waals surface area contributed by atoms with Crippen LogP contribution in [0.5, 0.6) is 0 Å². The van der Waals surface area contributed by atoms with Crippen LogP contribution < -0.4 is 0 Å². The largest absolute Gasteiger partial charge is 0.455 e. The van der Waals surface area contributed by atoms with Gasteiger partial charge in [-0.25, -0.2) is 0 Å². The van der Waals surface area contributed by atoms with Gasteiger partial charge in [0.25, 0.3) is 0 Å². The van der Waals surface area contributed by atoms with Crippen LogP contribution in [0, 0.1) is 11.3 Å². The van der Waals surface area contributed by atoms with Gasteiger partial charge in [0.15, 0.2) is 0 Å². The monoisotopic (exact) mass is 510 g/mol. The number of para-hydroxylation sites is 1. The van der Waals surface area contributed by atoms with Gasteiger partial charge < -0.3 is 4.42 Å². The van der Waals surface area contributed by atoms with Crippen LogP contribution in [0.4, 0.5) is 0 Å². The van der Waals surface area contributed by atoms with Crippen LogP contribution in [0.1, 0.15) is 27.8 Å². The van der Waals surface area contributed by atoms with Crippen molar-refractivity contribution in [3.63, 3.8) is 0 Å². The quantitative estimate of drug-likeness (QED) is 0.238. The van der Waals surface area contributed by atoms with Gasteiger partial charge in [0, 0.05) is 28.1 Å². The first-order valence-electron chi connectivity index (χ1n) is 13.4. The average Bonchev–Trinajstić information content (AvgIpc) is 3.56. The molecule has 1 aliphatic carbocycles. The zero-order valence-electron chi connectivity index (χ0n) is 21.5. The second-order valence-corrected chi connectivity index (χ2v) is 10.2. The molecule has 2 heterocycles. The van der Waals surface area contributed by atoms with Crippen LogP contribution >= 0.6 is 0 Å². The highest BCUT2D eigenvalue weighted by atomic mass is 16.3. The lowest BCUT2D eigenvalue weighted by Gasteiger charge is -2.33. The van der Waals surface area contributed by atoms with Crippen molar-refractivity contribution in [1.29, 1.82) is 5.26 Å². The third-order valence-corrected chi connectivity index (χ3v) is 8.23. The third-order valence-electron chi connectivity index (χ3n) is 8.23. The SMILES string of the molecule is N#Cc1cc(C2(c3ccccc3)c3ccccc3-c3ccccc32)c2oc3c(-c4ccccn4)cccc3c2c1. The number of nitrogens with zero attached hydrogens (tertiary/aromatic N) is 2. The zero-order chi connectivity index (χ0) is 26.7. The second-order valence-electron chi connectivity index (χ2n) is 10.2. The van der Waals surface area contributed by atoms with Gasteiger partial charge in [-0.3, -0.25) is 4.98 Å². The van der Waals surface area contributed by atoms with E-state index in [1.54, 1.807) is 6.20 Å². The second kappa shape index (κ2) is 8.53. The Morgan fingerprint density at radius 1 is 0.575 bits per heavy atom. The van der Waals surface area contributed by atoms with Gasteiger partial charge >= 0.3 is 0 Å². The lowest BCUT2D eigenvalue weighted by molar-refractivity contribution is 0.649. The maximum absolute atomic E-state index is 10.3. The molecule has 7 aromatic rings. The lowest BCUT2D eigenvalue weighted by atomic mass is 9.67. The number of benzene rings is 5. The number of hydrogen-bond donors (Lipinski definition) is 0. The Morgan fingerprint density at radius 2 is 1.25 bits per heavy atom. The first-order chi connectivity index (χ1) is 19.8. The number of rotatable bonds is 3. The van der Waals surface area contributed by atoms with Crippen molar-refractivity contribution < 1.29 is 4.42 Å². The number of fused-ring (bicyclic) bond motifs is 6.